The lowest BCUT2D eigenvalue weighted by atomic mass is 10.3. The largest absolute Gasteiger partial charge is 0.397 e. The Morgan fingerprint density at radius 1 is 1.40 bits per heavy atom. The molecule has 0 saturated carbocycles. The van der Waals surface area contributed by atoms with E-state index in [-0.39, 0.29) is 5.69 Å². The maximum Gasteiger partial charge on any atom is 0.397 e. The molecule has 11 nitrogen and oxygen atoms in total. The van der Waals surface area contributed by atoms with Gasteiger partial charge in [0.1, 0.15) is 5.52 Å². The first-order valence-corrected chi connectivity index (χ1v) is 8.50. The highest BCUT2D eigenvalue weighted by atomic mass is 32.3. The molecule has 25 heavy (non-hydrogen) atoms. The molecule has 0 radical (unpaired) electrons. The fourth-order valence-corrected chi connectivity index (χ4v) is 1.79. The summed E-state index contributed by atoms with van der Waals surface area (Å²) in [5.74, 6) is 0.324. The van der Waals surface area contributed by atoms with Gasteiger partial charge in [0.15, 0.2) is 0 Å². The van der Waals surface area contributed by atoms with Gasteiger partial charge in [0.05, 0.1) is 46.3 Å². The van der Waals surface area contributed by atoms with Gasteiger partial charge in [0.2, 0.25) is 5.82 Å². The average molecular weight is 376 g/mol. The molecule has 0 unspecified atom stereocenters. The minimum atomic E-state index is -4.16. The standard InChI is InChI=1S/C12H18N5O2.CH4O4S/c1-17(2,3)9-7-13-12-11(16(18)19)10-6-4-5-8-15(10)14-12;1-5-6(2,3)4/h4-6,8H,7,9H2,1-3H3,(H,13,14);1H3,(H,2,3,4)/q+1;. The maximum absolute atomic E-state index is 11.2. The van der Waals surface area contributed by atoms with Crippen LogP contribution in [-0.4, -0.2) is 73.3 Å². The Bertz CT molecular complexity index is 827. The Balaban J connectivity index is 0.000000450. The molecule has 0 atom stereocenters. The van der Waals surface area contributed by atoms with E-state index in [1.54, 1.807) is 24.4 Å². The Morgan fingerprint density at radius 2 is 2.00 bits per heavy atom. The summed E-state index contributed by atoms with van der Waals surface area (Å²) in [6.45, 7) is 1.49. The van der Waals surface area contributed by atoms with Gasteiger partial charge >= 0.3 is 16.1 Å². The molecule has 2 N–H and O–H groups in total. The number of fused-ring (bicyclic) bond motifs is 1. The number of hydrogen-bond acceptors (Lipinski definition) is 7. The van der Waals surface area contributed by atoms with Crippen LogP contribution in [-0.2, 0) is 14.6 Å². The van der Waals surface area contributed by atoms with E-state index in [0.29, 0.717) is 17.9 Å². The predicted molar refractivity (Wildman–Crippen MR) is 91.8 cm³/mol. The van der Waals surface area contributed by atoms with E-state index in [1.165, 1.54) is 4.52 Å². The second-order valence-corrected chi connectivity index (χ2v) is 7.21. The highest BCUT2D eigenvalue weighted by Crippen LogP contribution is 2.28. The monoisotopic (exact) mass is 376 g/mol. The topological polar surface area (TPSA) is 136 Å². The van der Waals surface area contributed by atoms with Crippen LogP contribution in [0.5, 0.6) is 0 Å². The fraction of sp³-hybridized carbons (Fsp3) is 0.462. The first kappa shape index (κ1) is 20.8. The third kappa shape index (κ3) is 7.01. The van der Waals surface area contributed by atoms with E-state index in [4.69, 9.17) is 4.55 Å². The molecule has 140 valence electrons. The van der Waals surface area contributed by atoms with Crippen LogP contribution in [0, 0.1) is 10.1 Å². The second-order valence-electron chi connectivity index (χ2n) is 6.02. The summed E-state index contributed by atoms with van der Waals surface area (Å²) in [5.41, 5.74) is 0.530. The predicted octanol–water partition coefficient (Wildman–Crippen LogP) is 0.796. The maximum atomic E-state index is 11.2. The van der Waals surface area contributed by atoms with Gasteiger partial charge in [-0.3, -0.25) is 18.9 Å². The summed E-state index contributed by atoms with van der Waals surface area (Å²) in [4.78, 5) is 10.8. The van der Waals surface area contributed by atoms with Crippen molar-refractivity contribution in [2.75, 3.05) is 46.7 Å². The number of pyridine rings is 1. The minimum Gasteiger partial charge on any atom is -0.357 e. The number of hydrogen-bond donors (Lipinski definition) is 2. The Kier molecular flexibility index (Phi) is 6.81. The van der Waals surface area contributed by atoms with Crippen LogP contribution >= 0.6 is 0 Å². The van der Waals surface area contributed by atoms with Crippen molar-refractivity contribution in [2.24, 2.45) is 0 Å². The molecule has 0 saturated heterocycles. The van der Waals surface area contributed by atoms with Crippen LogP contribution in [0.2, 0.25) is 0 Å². The molecule has 0 aliphatic rings. The van der Waals surface area contributed by atoms with Gasteiger partial charge in [-0.1, -0.05) is 6.07 Å². The van der Waals surface area contributed by atoms with Gasteiger partial charge < -0.3 is 9.80 Å². The molecule has 2 heterocycles. The minimum absolute atomic E-state index is 0.0296. The molecule has 0 aromatic carbocycles. The Labute approximate surface area is 145 Å². The molecule has 0 fully saturated rings. The van der Waals surface area contributed by atoms with Gasteiger partial charge in [-0.2, -0.15) is 8.42 Å². The van der Waals surface area contributed by atoms with E-state index >= 15 is 0 Å². The van der Waals surface area contributed by atoms with Crippen LogP contribution in [0.1, 0.15) is 0 Å². The van der Waals surface area contributed by atoms with E-state index in [1.807, 2.05) is 0 Å². The van der Waals surface area contributed by atoms with Gasteiger partial charge in [0, 0.05) is 6.20 Å². The molecule has 2 rings (SSSR count). The summed E-state index contributed by atoms with van der Waals surface area (Å²) >= 11 is 0. The van der Waals surface area contributed by atoms with Crippen molar-refractivity contribution < 1.29 is 26.6 Å². The second kappa shape index (κ2) is 8.20. The zero-order chi connectivity index (χ0) is 19.3. The molecular weight excluding hydrogens is 354 g/mol. The van der Waals surface area contributed by atoms with Crippen molar-refractivity contribution >= 4 is 27.4 Å². The SMILES string of the molecule is COS(=O)(=O)O.C[N+](C)(C)CCNc1nn2ccccc2c1[N+](=O)[O-]. The highest BCUT2D eigenvalue weighted by Gasteiger charge is 2.23. The van der Waals surface area contributed by atoms with Crippen molar-refractivity contribution in [1.82, 2.24) is 9.61 Å². The third-order valence-electron chi connectivity index (χ3n) is 2.98. The van der Waals surface area contributed by atoms with Crippen molar-refractivity contribution in [3.63, 3.8) is 0 Å². The Hall–Kier alpha value is -2.28. The number of nitro groups is 1. The number of quaternary nitrogens is 1. The number of nitrogens with zero attached hydrogens (tertiary/aromatic N) is 4. The molecule has 0 spiro atoms. The van der Waals surface area contributed by atoms with E-state index in [2.05, 4.69) is 35.7 Å². The van der Waals surface area contributed by atoms with Crippen LogP contribution in [0.25, 0.3) is 5.52 Å². The molecule has 0 bridgehead atoms. The normalized spacial score (nSPS) is 11.7. The molecule has 2 aromatic rings. The van der Waals surface area contributed by atoms with Crippen LogP contribution in [0.4, 0.5) is 11.5 Å². The zero-order valence-electron chi connectivity index (χ0n) is 14.4. The number of nitrogens with one attached hydrogen (secondary N) is 1. The first-order chi connectivity index (χ1) is 11.4. The molecular formula is C13H22N5O6S+. The zero-order valence-corrected chi connectivity index (χ0v) is 15.2. The summed E-state index contributed by atoms with van der Waals surface area (Å²) in [7, 11) is 2.92. The molecule has 2 aromatic heterocycles. The quantitative estimate of drug-likeness (QED) is 0.327. The lowest BCUT2D eigenvalue weighted by Crippen LogP contribution is -2.38. The fourth-order valence-electron chi connectivity index (χ4n) is 1.79. The average Bonchev–Trinajstić information content (AvgIpc) is 2.84. The van der Waals surface area contributed by atoms with Crippen LogP contribution in [0.15, 0.2) is 24.4 Å². The van der Waals surface area contributed by atoms with E-state index in [0.717, 1.165) is 18.1 Å². The summed E-state index contributed by atoms with van der Waals surface area (Å²) in [5, 5.41) is 18.4. The Morgan fingerprint density at radius 3 is 2.48 bits per heavy atom. The van der Waals surface area contributed by atoms with Gasteiger partial charge in [0.25, 0.3) is 0 Å². The summed E-state index contributed by atoms with van der Waals surface area (Å²) < 4.78 is 32.0. The van der Waals surface area contributed by atoms with E-state index < -0.39 is 15.3 Å². The van der Waals surface area contributed by atoms with E-state index in [9.17, 15) is 18.5 Å². The van der Waals surface area contributed by atoms with Crippen molar-refractivity contribution in [3.8, 4) is 0 Å². The lowest BCUT2D eigenvalue weighted by molar-refractivity contribution is -0.868. The number of likely N-dealkylation sites (N-methyl/N-ethyl adjacent to an activating group) is 1. The van der Waals surface area contributed by atoms with Crippen molar-refractivity contribution in [1.29, 1.82) is 0 Å². The third-order valence-corrected chi connectivity index (χ3v) is 3.40. The van der Waals surface area contributed by atoms with Gasteiger partial charge in [-0.15, -0.1) is 5.10 Å². The van der Waals surface area contributed by atoms with Crippen molar-refractivity contribution in [2.45, 2.75) is 0 Å². The molecule has 0 aliphatic carbocycles. The van der Waals surface area contributed by atoms with Crippen molar-refractivity contribution in [3.05, 3.63) is 34.5 Å². The molecule has 12 heteroatoms. The highest BCUT2D eigenvalue weighted by molar-refractivity contribution is 7.80. The number of rotatable bonds is 6. The smallest absolute Gasteiger partial charge is 0.357 e. The number of anilines is 1. The number of aromatic nitrogens is 2. The van der Waals surface area contributed by atoms with Gasteiger partial charge in [-0.25, -0.2) is 4.52 Å². The lowest BCUT2D eigenvalue weighted by Gasteiger charge is -2.23. The first-order valence-electron chi connectivity index (χ1n) is 7.14. The molecule has 0 aliphatic heterocycles. The van der Waals surface area contributed by atoms with Crippen LogP contribution in [0.3, 0.4) is 0 Å². The summed E-state index contributed by atoms with van der Waals surface area (Å²) in [6.07, 6.45) is 1.70. The van der Waals surface area contributed by atoms with Crippen LogP contribution < -0.4 is 5.32 Å². The van der Waals surface area contributed by atoms with Gasteiger partial charge in [-0.05, 0) is 12.1 Å². The summed E-state index contributed by atoms with van der Waals surface area (Å²) in [6, 6.07) is 5.25. The molecule has 0 amide bonds.